The van der Waals surface area contributed by atoms with Crippen LogP contribution in [0.3, 0.4) is 0 Å². The number of nitrogens with one attached hydrogen (secondary N) is 2. The fraction of sp³-hybridized carbons (Fsp3) is 0.250. The molecule has 0 atom stereocenters. The van der Waals surface area contributed by atoms with Gasteiger partial charge in [0, 0.05) is 17.0 Å². The van der Waals surface area contributed by atoms with Crippen LogP contribution in [0.4, 0.5) is 14.9 Å². The molecule has 27 heavy (non-hydrogen) atoms. The van der Waals surface area contributed by atoms with Gasteiger partial charge in [0.25, 0.3) is 5.91 Å². The summed E-state index contributed by atoms with van der Waals surface area (Å²) in [5, 5.41) is 3.60. The maximum Gasteiger partial charge on any atom is 0.329 e. The van der Waals surface area contributed by atoms with Gasteiger partial charge in [-0.05, 0) is 30.5 Å². The predicted molar refractivity (Wildman–Crippen MR) is 97.8 cm³/mol. The van der Waals surface area contributed by atoms with Crippen molar-refractivity contribution in [3.8, 4) is 0 Å². The molecule has 2 aliphatic rings. The number of pyridine rings is 1. The molecule has 1 aliphatic heterocycles. The Hall–Kier alpha value is -3.22. The molecule has 2 aromatic heterocycles. The fourth-order valence-electron chi connectivity index (χ4n) is 4.64. The van der Waals surface area contributed by atoms with Gasteiger partial charge in [0.2, 0.25) is 0 Å². The van der Waals surface area contributed by atoms with E-state index in [1.807, 2.05) is 13.0 Å². The van der Waals surface area contributed by atoms with E-state index in [4.69, 9.17) is 0 Å². The summed E-state index contributed by atoms with van der Waals surface area (Å²) >= 11 is 0. The Labute approximate surface area is 154 Å². The van der Waals surface area contributed by atoms with Crippen LogP contribution in [0, 0.1) is 5.82 Å². The van der Waals surface area contributed by atoms with Gasteiger partial charge in [0.05, 0.1) is 23.6 Å². The average Bonchev–Trinajstić information content (AvgIpc) is 3.18. The largest absolute Gasteiger partial charge is 0.360 e. The second-order valence-corrected chi connectivity index (χ2v) is 7.64. The van der Waals surface area contributed by atoms with Crippen LogP contribution in [0.5, 0.6) is 0 Å². The maximum absolute atomic E-state index is 14.2. The van der Waals surface area contributed by atoms with Crippen LogP contribution in [0.1, 0.15) is 25.3 Å². The highest BCUT2D eigenvalue weighted by Gasteiger charge is 2.64. The Morgan fingerprint density at radius 3 is 2.70 bits per heavy atom. The van der Waals surface area contributed by atoms with E-state index in [2.05, 4.69) is 15.3 Å². The topological polar surface area (TPSA) is 78.1 Å². The van der Waals surface area contributed by atoms with Crippen molar-refractivity contribution in [2.45, 2.75) is 30.7 Å². The van der Waals surface area contributed by atoms with E-state index in [1.165, 1.54) is 12.3 Å². The maximum atomic E-state index is 14.2. The van der Waals surface area contributed by atoms with Gasteiger partial charge in [-0.3, -0.25) is 9.78 Å². The van der Waals surface area contributed by atoms with Gasteiger partial charge in [-0.25, -0.2) is 14.1 Å². The number of anilines is 1. The molecule has 0 radical (unpaired) electrons. The minimum atomic E-state index is -0.993. The zero-order chi connectivity index (χ0) is 18.8. The third-order valence-corrected chi connectivity index (χ3v) is 5.77. The number of hydrogen-bond donors (Lipinski definition) is 2. The molecule has 1 aromatic carbocycles. The van der Waals surface area contributed by atoms with Gasteiger partial charge in [-0.2, -0.15) is 0 Å². The predicted octanol–water partition coefficient (Wildman–Crippen LogP) is 3.25. The number of aromatic amines is 1. The molecule has 3 aromatic rings. The van der Waals surface area contributed by atoms with E-state index in [1.54, 1.807) is 30.6 Å². The molecule has 0 unspecified atom stereocenters. The van der Waals surface area contributed by atoms with Crippen molar-refractivity contribution in [2.75, 3.05) is 4.90 Å². The zero-order valence-electron chi connectivity index (χ0n) is 14.6. The summed E-state index contributed by atoms with van der Waals surface area (Å²) in [5.74, 6) is -0.596. The SMILES string of the molecule is CC1(c2ccccc2F)CC2(C1)NC(=O)N(c1cncc3[nH]ccc13)C2=O. The number of carbonyl (C=O) groups excluding carboxylic acids is 2. The number of benzene rings is 1. The van der Waals surface area contributed by atoms with Crippen LogP contribution in [0.25, 0.3) is 10.9 Å². The van der Waals surface area contributed by atoms with Crippen molar-refractivity contribution >= 4 is 28.5 Å². The summed E-state index contributed by atoms with van der Waals surface area (Å²) < 4.78 is 14.2. The summed E-state index contributed by atoms with van der Waals surface area (Å²) in [7, 11) is 0. The Morgan fingerprint density at radius 2 is 1.93 bits per heavy atom. The lowest BCUT2D eigenvalue weighted by Gasteiger charge is -2.51. The fourth-order valence-corrected chi connectivity index (χ4v) is 4.64. The van der Waals surface area contributed by atoms with Crippen molar-refractivity contribution in [3.05, 3.63) is 60.3 Å². The standard InChI is InChI=1S/C20H17FN4O2/c1-19(13-4-2-3-5-14(13)21)10-20(11-19)17(26)25(18(27)24-20)16-9-22-8-15-12(16)6-7-23-15/h2-9,23H,10-11H2,1H3,(H,24,27). The quantitative estimate of drug-likeness (QED) is 0.685. The third kappa shape index (κ3) is 2.08. The lowest BCUT2D eigenvalue weighted by Crippen LogP contribution is -2.63. The number of amides is 3. The number of fused-ring (bicyclic) bond motifs is 1. The molecule has 1 spiro atoms. The highest BCUT2D eigenvalue weighted by Crippen LogP contribution is 2.53. The van der Waals surface area contributed by atoms with E-state index < -0.39 is 17.0 Å². The molecule has 0 bridgehead atoms. The monoisotopic (exact) mass is 364 g/mol. The van der Waals surface area contributed by atoms with Crippen molar-refractivity contribution in [1.29, 1.82) is 0 Å². The molecular weight excluding hydrogens is 347 g/mol. The molecule has 3 heterocycles. The third-order valence-electron chi connectivity index (χ3n) is 5.77. The number of urea groups is 1. The van der Waals surface area contributed by atoms with Crippen molar-refractivity contribution in [2.24, 2.45) is 0 Å². The van der Waals surface area contributed by atoms with Gasteiger partial charge in [-0.15, -0.1) is 0 Å². The molecule has 1 saturated carbocycles. The second-order valence-electron chi connectivity index (χ2n) is 7.64. The number of imide groups is 1. The summed E-state index contributed by atoms with van der Waals surface area (Å²) in [6, 6.07) is 7.93. The Balaban J connectivity index is 1.49. The zero-order valence-corrected chi connectivity index (χ0v) is 14.6. The van der Waals surface area contributed by atoms with E-state index in [-0.39, 0.29) is 11.7 Å². The highest BCUT2D eigenvalue weighted by atomic mass is 19.1. The molecule has 6 nitrogen and oxygen atoms in total. The van der Waals surface area contributed by atoms with E-state index in [9.17, 15) is 14.0 Å². The molecule has 2 N–H and O–H groups in total. The summed E-state index contributed by atoms with van der Waals surface area (Å²) in [5.41, 5.74) is 0.284. The Kier molecular flexibility index (Phi) is 3.05. The van der Waals surface area contributed by atoms with Crippen molar-refractivity contribution < 1.29 is 14.0 Å². The molecule has 7 heteroatoms. The second kappa shape index (κ2) is 5.16. The number of nitrogens with zero attached hydrogens (tertiary/aromatic N) is 2. The van der Waals surface area contributed by atoms with E-state index >= 15 is 0 Å². The van der Waals surface area contributed by atoms with E-state index in [0.29, 0.717) is 24.1 Å². The molecule has 3 amide bonds. The van der Waals surface area contributed by atoms with Gasteiger partial charge < -0.3 is 10.3 Å². The Bertz CT molecular complexity index is 1100. The van der Waals surface area contributed by atoms with Crippen LogP contribution in [-0.4, -0.2) is 27.4 Å². The first-order valence-electron chi connectivity index (χ1n) is 8.76. The first-order valence-corrected chi connectivity index (χ1v) is 8.76. The average molecular weight is 364 g/mol. The number of aromatic nitrogens is 2. The molecule has 1 saturated heterocycles. The minimum Gasteiger partial charge on any atom is -0.360 e. The smallest absolute Gasteiger partial charge is 0.329 e. The number of H-pyrrole nitrogens is 1. The molecule has 5 rings (SSSR count). The lowest BCUT2D eigenvalue weighted by molar-refractivity contribution is -0.127. The minimum absolute atomic E-state index is 0.287. The van der Waals surface area contributed by atoms with Crippen molar-refractivity contribution in [3.63, 3.8) is 0 Å². The number of carbonyl (C=O) groups is 2. The molecular formula is C20H17FN4O2. The normalized spacial score (nSPS) is 27.3. The van der Waals surface area contributed by atoms with Crippen LogP contribution in [-0.2, 0) is 10.2 Å². The van der Waals surface area contributed by atoms with Gasteiger partial charge in [0.15, 0.2) is 0 Å². The van der Waals surface area contributed by atoms with Crippen LogP contribution in [0.2, 0.25) is 0 Å². The molecule has 136 valence electrons. The first-order chi connectivity index (χ1) is 12.9. The number of hydrogen-bond acceptors (Lipinski definition) is 3. The van der Waals surface area contributed by atoms with Gasteiger partial charge in [0.1, 0.15) is 11.4 Å². The van der Waals surface area contributed by atoms with E-state index in [0.717, 1.165) is 15.8 Å². The molecule has 1 aliphatic carbocycles. The van der Waals surface area contributed by atoms with Crippen LogP contribution in [0.15, 0.2) is 48.9 Å². The van der Waals surface area contributed by atoms with Crippen molar-refractivity contribution in [1.82, 2.24) is 15.3 Å². The van der Waals surface area contributed by atoms with Gasteiger partial charge in [-0.1, -0.05) is 25.1 Å². The first kappa shape index (κ1) is 16.0. The van der Waals surface area contributed by atoms with Crippen LogP contribution < -0.4 is 10.2 Å². The summed E-state index contributed by atoms with van der Waals surface area (Å²) in [6.45, 7) is 1.92. The number of rotatable bonds is 2. The highest BCUT2D eigenvalue weighted by molar-refractivity contribution is 6.26. The molecule has 2 fully saturated rings. The number of halogens is 1. The summed E-state index contributed by atoms with van der Waals surface area (Å²) in [4.78, 5) is 34.2. The lowest BCUT2D eigenvalue weighted by atomic mass is 9.55. The summed E-state index contributed by atoms with van der Waals surface area (Å²) in [6.07, 6.45) is 5.62. The Morgan fingerprint density at radius 1 is 1.15 bits per heavy atom. The van der Waals surface area contributed by atoms with Crippen LogP contribution >= 0.6 is 0 Å². The van der Waals surface area contributed by atoms with Gasteiger partial charge >= 0.3 is 6.03 Å².